The van der Waals surface area contributed by atoms with Crippen LogP contribution in [-0.2, 0) is 4.79 Å². The number of Topliss-reactive ketones (excluding diaryl/α,β-unsaturated/α-hetero) is 1. The number of nitrogens with zero attached hydrogens (tertiary/aromatic N) is 1. The molecule has 6 heteroatoms. The largest absolute Gasteiger partial charge is 0.493 e. The molecule has 0 unspecified atom stereocenters. The summed E-state index contributed by atoms with van der Waals surface area (Å²) in [5, 5.41) is 13.0. The van der Waals surface area contributed by atoms with Crippen molar-refractivity contribution in [1.29, 1.82) is 0 Å². The van der Waals surface area contributed by atoms with Gasteiger partial charge in [-0.2, -0.15) is 0 Å². The predicted octanol–water partition coefficient (Wildman–Crippen LogP) is 4.53. The molecule has 35 heavy (non-hydrogen) atoms. The van der Waals surface area contributed by atoms with E-state index in [-0.39, 0.29) is 11.9 Å². The lowest BCUT2D eigenvalue weighted by Crippen LogP contribution is -2.24. The Kier molecular flexibility index (Phi) is 11.0. The van der Waals surface area contributed by atoms with Gasteiger partial charge in [-0.1, -0.05) is 24.3 Å². The van der Waals surface area contributed by atoms with E-state index in [1.165, 1.54) is 11.1 Å². The van der Waals surface area contributed by atoms with E-state index in [0.717, 1.165) is 81.0 Å². The number of hydrogen-bond donors (Lipinski definition) is 2. The zero-order chi connectivity index (χ0) is 25.0. The number of nitrogens with one attached hydrogen (secondary N) is 1. The second-order valence-electron chi connectivity index (χ2n) is 9.56. The van der Waals surface area contributed by atoms with Crippen LogP contribution in [0.25, 0.3) is 11.1 Å². The summed E-state index contributed by atoms with van der Waals surface area (Å²) in [5.41, 5.74) is 4.60. The number of ether oxygens (including phenoxy) is 2. The molecule has 1 aliphatic heterocycles. The number of carbonyl (C=O) groups is 1. The minimum atomic E-state index is -0.168. The molecule has 1 atom stereocenters. The third-order valence-corrected chi connectivity index (χ3v) is 6.62. The van der Waals surface area contributed by atoms with Gasteiger partial charge >= 0.3 is 0 Å². The van der Waals surface area contributed by atoms with Crippen LogP contribution in [0.5, 0.6) is 11.5 Å². The Morgan fingerprint density at radius 3 is 2.14 bits per heavy atom. The Balaban J connectivity index is 1.50. The highest BCUT2D eigenvalue weighted by Gasteiger charge is 2.19. The first-order valence-corrected chi connectivity index (χ1v) is 13.0. The molecule has 0 spiro atoms. The molecule has 2 aromatic carbocycles. The van der Waals surface area contributed by atoms with Crippen molar-refractivity contribution in [2.75, 3.05) is 45.9 Å². The fourth-order valence-electron chi connectivity index (χ4n) is 4.58. The lowest BCUT2D eigenvalue weighted by molar-refractivity contribution is -0.117. The van der Waals surface area contributed by atoms with Gasteiger partial charge in [-0.05, 0) is 93.9 Å². The van der Waals surface area contributed by atoms with Gasteiger partial charge in [0.1, 0.15) is 17.3 Å². The Bertz CT molecular complexity index is 946. The summed E-state index contributed by atoms with van der Waals surface area (Å²) in [7, 11) is 0. The van der Waals surface area contributed by atoms with Crippen LogP contribution in [0.2, 0.25) is 0 Å². The lowest BCUT2D eigenvalue weighted by Gasteiger charge is -2.18. The number of aliphatic hydroxyl groups excluding tert-OH is 1. The van der Waals surface area contributed by atoms with Crippen molar-refractivity contribution < 1.29 is 19.4 Å². The number of benzene rings is 2. The maximum Gasteiger partial charge on any atom is 0.129 e. The molecule has 0 bridgehead atoms. The van der Waals surface area contributed by atoms with Crippen molar-refractivity contribution in [3.63, 3.8) is 0 Å². The monoisotopic (exact) mass is 482 g/mol. The first kappa shape index (κ1) is 27.2. The molecular formula is C29H42N2O4. The van der Waals surface area contributed by atoms with E-state index in [0.29, 0.717) is 19.6 Å². The van der Waals surface area contributed by atoms with Gasteiger partial charge in [-0.25, -0.2) is 0 Å². The van der Waals surface area contributed by atoms with Crippen LogP contribution in [0.1, 0.15) is 50.2 Å². The SMILES string of the molecule is CC(=O)CCCNCCCOc1cccc(-c2cccc(OCCCN3CC[C@@H](O)C3)c2C)c1C. The van der Waals surface area contributed by atoms with Gasteiger partial charge in [0.15, 0.2) is 0 Å². The summed E-state index contributed by atoms with van der Waals surface area (Å²) in [4.78, 5) is 13.3. The smallest absolute Gasteiger partial charge is 0.129 e. The van der Waals surface area contributed by atoms with Crippen LogP contribution in [0, 0.1) is 13.8 Å². The molecule has 1 aliphatic rings. The molecule has 2 N–H and O–H groups in total. The predicted molar refractivity (Wildman–Crippen MR) is 141 cm³/mol. The number of hydrogen-bond acceptors (Lipinski definition) is 6. The normalized spacial score (nSPS) is 15.9. The minimum absolute atomic E-state index is 0.168. The molecule has 6 nitrogen and oxygen atoms in total. The summed E-state index contributed by atoms with van der Waals surface area (Å²) in [6.07, 6.45) is 4.11. The Morgan fingerprint density at radius 2 is 1.57 bits per heavy atom. The molecule has 0 aliphatic carbocycles. The second-order valence-corrected chi connectivity index (χ2v) is 9.56. The first-order chi connectivity index (χ1) is 17.0. The maximum absolute atomic E-state index is 11.0. The standard InChI is InChI=1S/C29H42N2O4/c1-22(32)9-6-15-30-16-7-19-34-28-12-4-10-26(23(28)2)27-11-5-13-29(24(27)3)35-20-8-17-31-18-14-25(33)21-31/h4-5,10-13,25,30,33H,6-9,14-21H2,1-3H3/t25-/m1/s1. The molecule has 0 aromatic heterocycles. The number of ketones is 1. The highest BCUT2D eigenvalue weighted by atomic mass is 16.5. The van der Waals surface area contributed by atoms with Gasteiger partial charge in [0.05, 0.1) is 19.3 Å². The van der Waals surface area contributed by atoms with Crippen molar-refractivity contribution in [2.45, 2.75) is 59.0 Å². The number of aliphatic hydroxyl groups is 1. The van der Waals surface area contributed by atoms with Crippen LogP contribution >= 0.6 is 0 Å². The summed E-state index contributed by atoms with van der Waals surface area (Å²) in [6.45, 7) is 11.7. The fraction of sp³-hybridized carbons (Fsp3) is 0.552. The summed E-state index contributed by atoms with van der Waals surface area (Å²) >= 11 is 0. The van der Waals surface area contributed by atoms with Gasteiger partial charge in [-0.3, -0.25) is 0 Å². The Hall–Kier alpha value is -2.41. The van der Waals surface area contributed by atoms with Gasteiger partial charge < -0.3 is 29.6 Å². The van der Waals surface area contributed by atoms with Crippen molar-refractivity contribution in [2.24, 2.45) is 0 Å². The topological polar surface area (TPSA) is 71.0 Å². The lowest BCUT2D eigenvalue weighted by atomic mass is 9.95. The van der Waals surface area contributed by atoms with E-state index in [1.54, 1.807) is 6.92 Å². The molecular weight excluding hydrogens is 440 g/mol. The quantitative estimate of drug-likeness (QED) is 0.364. The number of likely N-dealkylation sites (tertiary alicyclic amines) is 1. The van der Waals surface area contributed by atoms with Gasteiger partial charge in [0, 0.05) is 26.1 Å². The molecule has 0 radical (unpaired) electrons. The molecule has 2 aromatic rings. The van der Waals surface area contributed by atoms with Crippen molar-refractivity contribution >= 4 is 5.78 Å². The minimum Gasteiger partial charge on any atom is -0.493 e. The van der Waals surface area contributed by atoms with Crippen molar-refractivity contribution in [3.8, 4) is 22.6 Å². The number of rotatable bonds is 15. The van der Waals surface area contributed by atoms with Gasteiger partial charge in [0.25, 0.3) is 0 Å². The van der Waals surface area contributed by atoms with E-state index in [1.807, 2.05) is 12.1 Å². The van der Waals surface area contributed by atoms with Crippen LogP contribution in [0.4, 0.5) is 0 Å². The molecule has 1 heterocycles. The Labute approximate surface area is 210 Å². The zero-order valence-corrected chi connectivity index (χ0v) is 21.6. The van der Waals surface area contributed by atoms with Gasteiger partial charge in [-0.15, -0.1) is 0 Å². The van der Waals surface area contributed by atoms with Crippen LogP contribution in [-0.4, -0.2) is 67.8 Å². The zero-order valence-electron chi connectivity index (χ0n) is 21.6. The molecule has 1 fully saturated rings. The molecule has 0 saturated carbocycles. The molecule has 192 valence electrons. The van der Waals surface area contributed by atoms with Crippen LogP contribution in [0.15, 0.2) is 36.4 Å². The van der Waals surface area contributed by atoms with Crippen molar-refractivity contribution in [3.05, 3.63) is 47.5 Å². The van der Waals surface area contributed by atoms with Crippen molar-refractivity contribution in [1.82, 2.24) is 10.2 Å². The first-order valence-electron chi connectivity index (χ1n) is 13.0. The average Bonchev–Trinajstić information content (AvgIpc) is 3.25. The van der Waals surface area contributed by atoms with E-state index in [9.17, 15) is 9.90 Å². The third-order valence-electron chi connectivity index (χ3n) is 6.62. The van der Waals surface area contributed by atoms with E-state index in [2.05, 4.69) is 48.3 Å². The molecule has 1 saturated heterocycles. The molecule has 0 amide bonds. The van der Waals surface area contributed by atoms with Gasteiger partial charge in [0.2, 0.25) is 0 Å². The fourth-order valence-corrected chi connectivity index (χ4v) is 4.58. The highest BCUT2D eigenvalue weighted by Crippen LogP contribution is 2.35. The number of β-amino-alcohol motifs (C(OH)–C–C–N with tert-alkyl or cyclic N) is 1. The molecule has 3 rings (SSSR count). The van der Waals surface area contributed by atoms with Crippen LogP contribution < -0.4 is 14.8 Å². The summed E-state index contributed by atoms with van der Waals surface area (Å²) in [6, 6.07) is 12.5. The highest BCUT2D eigenvalue weighted by molar-refractivity contribution is 5.75. The van der Waals surface area contributed by atoms with E-state index in [4.69, 9.17) is 9.47 Å². The van der Waals surface area contributed by atoms with Crippen LogP contribution in [0.3, 0.4) is 0 Å². The summed E-state index contributed by atoms with van der Waals surface area (Å²) < 4.78 is 12.2. The summed E-state index contributed by atoms with van der Waals surface area (Å²) in [5.74, 6) is 2.08. The van der Waals surface area contributed by atoms with E-state index < -0.39 is 0 Å². The third kappa shape index (κ3) is 8.64. The second kappa shape index (κ2) is 14.2. The maximum atomic E-state index is 11.0. The average molecular weight is 483 g/mol. The van der Waals surface area contributed by atoms with E-state index >= 15 is 0 Å². The Morgan fingerprint density at radius 1 is 0.971 bits per heavy atom. The number of carbonyl (C=O) groups excluding carboxylic acids is 1.